The van der Waals surface area contributed by atoms with Crippen LogP contribution in [0.2, 0.25) is 5.15 Å². The van der Waals surface area contributed by atoms with E-state index in [4.69, 9.17) is 26.3 Å². The summed E-state index contributed by atoms with van der Waals surface area (Å²) in [5.41, 5.74) is 4.97. The van der Waals surface area contributed by atoms with Crippen LogP contribution in [0.4, 0.5) is 0 Å². The number of hydrogen-bond acceptors (Lipinski definition) is 5. The molecular formula is C22H23ClN4O2. The Hall–Kier alpha value is -2.69. The average molecular weight is 411 g/mol. The zero-order valence-corrected chi connectivity index (χ0v) is 17.2. The van der Waals surface area contributed by atoms with Gasteiger partial charge in [0.1, 0.15) is 5.15 Å². The van der Waals surface area contributed by atoms with Gasteiger partial charge in [-0.05, 0) is 47.0 Å². The summed E-state index contributed by atoms with van der Waals surface area (Å²) in [6.07, 6.45) is 3.52. The minimum absolute atomic E-state index is 0.296. The smallest absolute Gasteiger partial charge is 0.169 e. The van der Waals surface area contributed by atoms with E-state index in [1.165, 1.54) is 0 Å². The fourth-order valence-corrected chi connectivity index (χ4v) is 3.26. The highest BCUT2D eigenvalue weighted by atomic mass is 35.5. The molecule has 7 heteroatoms. The maximum Gasteiger partial charge on any atom is 0.169 e. The van der Waals surface area contributed by atoms with Gasteiger partial charge in [0.2, 0.25) is 0 Å². The van der Waals surface area contributed by atoms with Gasteiger partial charge in [-0.25, -0.2) is 4.98 Å². The topological polar surface area (TPSA) is 72.1 Å². The third-order valence-electron chi connectivity index (χ3n) is 4.62. The van der Waals surface area contributed by atoms with E-state index in [2.05, 4.69) is 33.2 Å². The summed E-state index contributed by atoms with van der Waals surface area (Å²) in [6, 6.07) is 15.7. The van der Waals surface area contributed by atoms with E-state index in [-0.39, 0.29) is 6.29 Å². The van der Waals surface area contributed by atoms with Crippen molar-refractivity contribution in [2.24, 2.45) is 0 Å². The van der Waals surface area contributed by atoms with Crippen LogP contribution >= 0.6 is 11.6 Å². The van der Waals surface area contributed by atoms with Crippen molar-refractivity contribution >= 4 is 11.6 Å². The van der Waals surface area contributed by atoms with Crippen molar-refractivity contribution in [3.05, 3.63) is 76.8 Å². The fourth-order valence-electron chi connectivity index (χ4n) is 3.06. The zero-order chi connectivity index (χ0) is 20.6. The number of benzene rings is 1. The Balaban J connectivity index is 1.84. The van der Waals surface area contributed by atoms with Crippen LogP contribution in [0.3, 0.4) is 0 Å². The molecule has 0 unspecified atom stereocenters. The molecule has 0 atom stereocenters. The standard InChI is InChI=1S/C22H23ClN4O2/c1-28-22(29-2)13-25-12-20-10-19(18-5-3-16(11-24)4-6-18)15-27(20)14-17-7-8-26-21(23)9-17/h3-10,15,22,25H,12-14H2,1-2H3. The second-order valence-electron chi connectivity index (χ2n) is 6.56. The lowest BCUT2D eigenvalue weighted by Crippen LogP contribution is -2.30. The molecule has 29 heavy (non-hydrogen) atoms. The van der Waals surface area contributed by atoms with E-state index >= 15 is 0 Å². The molecule has 0 bridgehead atoms. The van der Waals surface area contributed by atoms with Crippen LogP contribution in [0.5, 0.6) is 0 Å². The Morgan fingerprint density at radius 1 is 1.14 bits per heavy atom. The molecule has 2 aromatic heterocycles. The summed E-state index contributed by atoms with van der Waals surface area (Å²) >= 11 is 6.04. The number of halogens is 1. The fraction of sp³-hybridized carbons (Fsp3) is 0.273. The number of nitrogens with zero attached hydrogens (tertiary/aromatic N) is 3. The number of hydrogen-bond donors (Lipinski definition) is 1. The average Bonchev–Trinajstić information content (AvgIpc) is 3.14. The molecule has 0 saturated carbocycles. The lowest BCUT2D eigenvalue weighted by molar-refractivity contribution is -0.0989. The van der Waals surface area contributed by atoms with Crippen molar-refractivity contribution in [2.75, 3.05) is 20.8 Å². The van der Waals surface area contributed by atoms with Crippen LogP contribution in [-0.4, -0.2) is 36.6 Å². The summed E-state index contributed by atoms with van der Waals surface area (Å²) in [5.74, 6) is 0. The quantitative estimate of drug-likeness (QED) is 0.428. The molecule has 1 N–H and O–H groups in total. The number of pyridine rings is 1. The first-order valence-corrected chi connectivity index (χ1v) is 9.57. The number of rotatable bonds is 9. The first-order valence-electron chi connectivity index (χ1n) is 9.19. The maximum absolute atomic E-state index is 9.02. The number of aromatic nitrogens is 2. The molecule has 0 saturated heterocycles. The SMILES string of the molecule is COC(CNCc1cc(-c2ccc(C#N)cc2)cn1Cc1ccnc(Cl)c1)OC. The van der Waals surface area contributed by atoms with Gasteiger partial charge >= 0.3 is 0 Å². The van der Waals surface area contributed by atoms with Gasteiger partial charge in [-0.3, -0.25) is 0 Å². The Morgan fingerprint density at radius 3 is 2.55 bits per heavy atom. The van der Waals surface area contributed by atoms with Crippen LogP contribution in [0.1, 0.15) is 16.8 Å². The van der Waals surface area contributed by atoms with Crippen molar-refractivity contribution < 1.29 is 9.47 Å². The highest BCUT2D eigenvalue weighted by Crippen LogP contribution is 2.24. The molecule has 0 amide bonds. The molecule has 0 aliphatic heterocycles. The Bertz CT molecular complexity index is 975. The van der Waals surface area contributed by atoms with E-state index in [0.717, 1.165) is 22.4 Å². The molecule has 0 radical (unpaired) electrons. The number of nitrogens with one attached hydrogen (secondary N) is 1. The highest BCUT2D eigenvalue weighted by Gasteiger charge is 2.11. The van der Waals surface area contributed by atoms with Gasteiger partial charge in [-0.15, -0.1) is 0 Å². The lowest BCUT2D eigenvalue weighted by Gasteiger charge is -2.15. The van der Waals surface area contributed by atoms with Crippen molar-refractivity contribution in [1.29, 1.82) is 5.26 Å². The Labute approximate surface area is 175 Å². The van der Waals surface area contributed by atoms with Crippen LogP contribution in [-0.2, 0) is 22.6 Å². The second kappa shape index (κ2) is 10.2. The number of methoxy groups -OCH3 is 2. The van der Waals surface area contributed by atoms with E-state index in [1.807, 2.05) is 36.4 Å². The summed E-state index contributed by atoms with van der Waals surface area (Å²) < 4.78 is 12.6. The summed E-state index contributed by atoms with van der Waals surface area (Å²) in [5, 5.41) is 12.9. The molecule has 150 valence electrons. The largest absolute Gasteiger partial charge is 0.355 e. The van der Waals surface area contributed by atoms with Gasteiger partial charge in [-0.2, -0.15) is 5.26 Å². The Morgan fingerprint density at radius 2 is 1.90 bits per heavy atom. The molecule has 0 aliphatic carbocycles. The minimum Gasteiger partial charge on any atom is -0.355 e. The lowest BCUT2D eigenvalue weighted by atomic mass is 10.1. The summed E-state index contributed by atoms with van der Waals surface area (Å²) in [4.78, 5) is 4.05. The minimum atomic E-state index is -0.296. The van der Waals surface area contributed by atoms with Crippen LogP contribution in [0, 0.1) is 11.3 Å². The third-order valence-corrected chi connectivity index (χ3v) is 4.83. The maximum atomic E-state index is 9.02. The number of nitriles is 1. The third kappa shape index (κ3) is 5.66. The molecule has 2 heterocycles. The van der Waals surface area contributed by atoms with Gasteiger partial charge in [0.05, 0.1) is 11.6 Å². The van der Waals surface area contributed by atoms with Crippen molar-refractivity contribution in [3.8, 4) is 17.2 Å². The molecule has 0 spiro atoms. The van der Waals surface area contributed by atoms with Gasteiger partial charge in [-0.1, -0.05) is 23.7 Å². The number of ether oxygens (including phenoxy) is 2. The van der Waals surface area contributed by atoms with Gasteiger partial charge < -0.3 is 19.4 Å². The second-order valence-corrected chi connectivity index (χ2v) is 6.94. The van der Waals surface area contributed by atoms with E-state index in [0.29, 0.717) is 30.4 Å². The van der Waals surface area contributed by atoms with Crippen LogP contribution < -0.4 is 5.32 Å². The van der Waals surface area contributed by atoms with E-state index < -0.39 is 0 Å². The van der Waals surface area contributed by atoms with Crippen LogP contribution in [0.25, 0.3) is 11.1 Å². The van der Waals surface area contributed by atoms with Gasteiger partial charge in [0.15, 0.2) is 6.29 Å². The van der Waals surface area contributed by atoms with E-state index in [9.17, 15) is 0 Å². The molecule has 0 fully saturated rings. The molecule has 3 aromatic rings. The summed E-state index contributed by atoms with van der Waals surface area (Å²) in [6.45, 7) is 1.90. The van der Waals surface area contributed by atoms with Crippen molar-refractivity contribution in [1.82, 2.24) is 14.9 Å². The molecule has 0 aliphatic rings. The normalized spacial score (nSPS) is 11.0. The molecule has 6 nitrogen and oxygen atoms in total. The highest BCUT2D eigenvalue weighted by molar-refractivity contribution is 6.29. The Kier molecular flexibility index (Phi) is 7.39. The first kappa shape index (κ1) is 21.0. The molecule has 1 aromatic carbocycles. The molecular weight excluding hydrogens is 388 g/mol. The van der Waals surface area contributed by atoms with Gasteiger partial charge in [0, 0.05) is 51.9 Å². The predicted octanol–water partition coefficient (Wildman–Crippen LogP) is 3.83. The zero-order valence-electron chi connectivity index (χ0n) is 16.4. The predicted molar refractivity (Wildman–Crippen MR) is 112 cm³/mol. The monoisotopic (exact) mass is 410 g/mol. The van der Waals surface area contributed by atoms with E-state index in [1.54, 1.807) is 20.4 Å². The van der Waals surface area contributed by atoms with Gasteiger partial charge in [0.25, 0.3) is 0 Å². The first-order chi connectivity index (χ1) is 14.1. The van der Waals surface area contributed by atoms with Crippen molar-refractivity contribution in [2.45, 2.75) is 19.4 Å². The van der Waals surface area contributed by atoms with Crippen LogP contribution in [0.15, 0.2) is 54.9 Å². The van der Waals surface area contributed by atoms with Crippen molar-refractivity contribution in [3.63, 3.8) is 0 Å². The molecule has 3 rings (SSSR count). The summed E-state index contributed by atoms with van der Waals surface area (Å²) in [7, 11) is 3.24.